The van der Waals surface area contributed by atoms with E-state index in [9.17, 15) is 14.7 Å². The lowest BCUT2D eigenvalue weighted by Gasteiger charge is -2.30. The lowest BCUT2D eigenvalue weighted by Crippen LogP contribution is -2.47. The van der Waals surface area contributed by atoms with Gasteiger partial charge in [-0.1, -0.05) is 13.8 Å². The highest BCUT2D eigenvalue weighted by Gasteiger charge is 2.26. The number of carboxylic acid groups (broad SMARTS) is 1. The summed E-state index contributed by atoms with van der Waals surface area (Å²) in [6.45, 7) is 4.00. The van der Waals surface area contributed by atoms with E-state index < -0.39 is 31.9 Å². The van der Waals surface area contributed by atoms with Crippen molar-refractivity contribution in [3.63, 3.8) is 0 Å². The number of hydrogen-bond donors (Lipinski definition) is 4. The summed E-state index contributed by atoms with van der Waals surface area (Å²) in [5, 5.41) is 10.6. The Kier molecular flexibility index (Phi) is 10.5. The van der Waals surface area contributed by atoms with Crippen LogP contribution in [0.1, 0.15) is 20.3 Å². The van der Waals surface area contributed by atoms with E-state index in [0.29, 0.717) is 11.0 Å². The number of likely N-dealkylation sites (N-methyl/N-ethyl adjacent to an activating group) is 1. The molecule has 5 N–H and O–H groups in total. The van der Waals surface area contributed by atoms with Gasteiger partial charge < -0.3 is 39.5 Å². The van der Waals surface area contributed by atoms with Gasteiger partial charge in [0.05, 0.1) is 21.1 Å². The maximum absolute atomic E-state index is 11.7. The van der Waals surface area contributed by atoms with Gasteiger partial charge in [0.1, 0.15) is 12.6 Å². The minimum Gasteiger partial charge on any atom is -0.550 e. The maximum Gasteiger partial charge on any atom is 0.466 e. The Labute approximate surface area is 135 Å². The molecule has 23 heavy (non-hydrogen) atoms. The van der Waals surface area contributed by atoms with E-state index in [1.165, 1.54) is 0 Å². The average molecular weight is 358 g/mol. The van der Waals surface area contributed by atoms with Crippen LogP contribution in [0.3, 0.4) is 0 Å². The molecular weight excluding hydrogens is 331 g/mol. The molecule has 0 rings (SSSR count). The zero-order chi connectivity index (χ0) is 19.0. The minimum atomic E-state index is -4.64. The van der Waals surface area contributed by atoms with Crippen molar-refractivity contribution in [3.05, 3.63) is 0 Å². The molecule has 0 saturated carbocycles. The summed E-state index contributed by atoms with van der Waals surface area (Å²) in [5.74, 6) is -1.85. The molecule has 0 fully saturated rings. The summed E-state index contributed by atoms with van der Waals surface area (Å²) in [7, 11) is 1.02. The normalized spacial score (nSPS) is 14.5. The Morgan fingerprint density at radius 1 is 1.22 bits per heavy atom. The second kappa shape index (κ2) is 9.96. The third kappa shape index (κ3) is 18.9. The predicted molar refractivity (Wildman–Crippen MR) is 79.5 cm³/mol. The highest BCUT2D eigenvalue weighted by molar-refractivity contribution is 7.45. The fourth-order valence-corrected chi connectivity index (χ4v) is 1.46. The molecule has 0 aromatic carbocycles. The van der Waals surface area contributed by atoms with Crippen molar-refractivity contribution in [3.8, 4) is 0 Å². The Morgan fingerprint density at radius 3 is 1.87 bits per heavy atom. The van der Waals surface area contributed by atoms with Gasteiger partial charge in [0.2, 0.25) is 0 Å². The summed E-state index contributed by atoms with van der Waals surface area (Å²) < 4.78 is 14.5. The fraction of sp³-hybridized carbons (Fsp3) is 0.833. The first-order valence-electron chi connectivity index (χ1n) is 6.77. The van der Waals surface area contributed by atoms with E-state index in [2.05, 4.69) is 0 Å². The molecule has 0 aromatic heterocycles. The number of carboxylic acids is 1. The van der Waals surface area contributed by atoms with Crippen molar-refractivity contribution in [2.45, 2.75) is 32.4 Å². The molecule has 0 aliphatic rings. The van der Waals surface area contributed by atoms with Crippen molar-refractivity contribution >= 4 is 19.8 Å². The number of carbonyl (C=O) groups is 2. The van der Waals surface area contributed by atoms with E-state index in [0.717, 1.165) is 0 Å². The topological polar surface area (TPSA) is 170 Å². The quantitative estimate of drug-likeness (QED) is 0.224. The van der Waals surface area contributed by atoms with E-state index in [1.807, 2.05) is 21.1 Å². The third-order valence-corrected chi connectivity index (χ3v) is 2.42. The Morgan fingerprint density at radius 2 is 1.61 bits per heavy atom. The van der Waals surface area contributed by atoms with E-state index in [-0.39, 0.29) is 12.3 Å². The molecule has 138 valence electrons. The van der Waals surface area contributed by atoms with Gasteiger partial charge in [0, 0.05) is 12.4 Å². The molecule has 0 amide bonds. The highest BCUT2D eigenvalue weighted by atomic mass is 31.2. The van der Waals surface area contributed by atoms with Crippen molar-refractivity contribution in [2.24, 2.45) is 11.7 Å². The summed E-state index contributed by atoms with van der Waals surface area (Å²) in [4.78, 5) is 43.9. The largest absolute Gasteiger partial charge is 0.550 e. The molecule has 0 aliphatic carbocycles. The second-order valence-corrected chi connectivity index (χ2v) is 7.42. The molecule has 0 bridgehead atoms. The van der Waals surface area contributed by atoms with Crippen molar-refractivity contribution in [2.75, 3.05) is 27.7 Å². The molecule has 0 aromatic rings. The van der Waals surface area contributed by atoms with Crippen LogP contribution in [0.5, 0.6) is 0 Å². The van der Waals surface area contributed by atoms with Crippen LogP contribution in [0, 0.1) is 5.92 Å². The zero-order valence-corrected chi connectivity index (χ0v) is 14.9. The van der Waals surface area contributed by atoms with Crippen LogP contribution >= 0.6 is 7.82 Å². The number of quaternary nitrogens is 1. The number of ether oxygens (including phenoxy) is 1. The standard InChI is InChI=1S/C12H24N2O4.H3O4P/c1-8(2)11(13)12(17)18-9(6-10(15)16)7-14(3,4)5;1-5(2,3)4/h8-9,11H,6-7,13H2,1-5H3;(H3,1,2,3,4)/t9?,11-;/m0./s1. The number of nitrogens with zero attached hydrogens (tertiary/aromatic N) is 1. The van der Waals surface area contributed by atoms with Crippen LogP contribution in [0.25, 0.3) is 0 Å². The maximum atomic E-state index is 11.7. The first kappa shape index (κ1) is 24.2. The van der Waals surface area contributed by atoms with Crippen LogP contribution in [-0.4, -0.2) is 70.9 Å². The van der Waals surface area contributed by atoms with E-state index >= 15 is 0 Å². The second-order valence-electron chi connectivity index (χ2n) is 6.39. The van der Waals surface area contributed by atoms with Gasteiger partial charge in [-0.05, 0) is 5.92 Å². The number of rotatable bonds is 7. The molecule has 0 radical (unpaired) electrons. The SMILES string of the molecule is CC(C)[C@H](N)C(=O)OC(CC(=O)[O-])C[N+](C)(C)C.O=P(O)(O)O. The van der Waals surface area contributed by atoms with Gasteiger partial charge in [-0.3, -0.25) is 4.79 Å². The average Bonchev–Trinajstić information content (AvgIpc) is 2.21. The summed E-state index contributed by atoms with van der Waals surface area (Å²) in [6, 6.07) is -0.735. The lowest BCUT2D eigenvalue weighted by atomic mass is 10.1. The Balaban J connectivity index is 0. The lowest BCUT2D eigenvalue weighted by molar-refractivity contribution is -0.873. The van der Waals surface area contributed by atoms with Crippen LogP contribution in [0.2, 0.25) is 0 Å². The molecular formula is C12H27N2O8P. The van der Waals surface area contributed by atoms with Crippen LogP contribution in [-0.2, 0) is 18.9 Å². The smallest absolute Gasteiger partial charge is 0.466 e. The molecule has 1 unspecified atom stereocenters. The number of carbonyl (C=O) groups excluding carboxylic acids is 2. The first-order valence-corrected chi connectivity index (χ1v) is 8.34. The van der Waals surface area contributed by atoms with Gasteiger partial charge in [-0.2, -0.15) is 0 Å². The van der Waals surface area contributed by atoms with Gasteiger partial charge in [-0.25, -0.2) is 4.57 Å². The van der Waals surface area contributed by atoms with Crippen molar-refractivity contribution < 1.29 is 43.2 Å². The fourth-order valence-electron chi connectivity index (χ4n) is 1.46. The van der Waals surface area contributed by atoms with Crippen molar-refractivity contribution in [1.29, 1.82) is 0 Å². The van der Waals surface area contributed by atoms with Gasteiger partial charge in [0.15, 0.2) is 6.10 Å². The van der Waals surface area contributed by atoms with E-state index in [4.69, 9.17) is 29.7 Å². The van der Waals surface area contributed by atoms with Gasteiger partial charge in [0.25, 0.3) is 0 Å². The first-order chi connectivity index (χ1) is 10.0. The van der Waals surface area contributed by atoms with Gasteiger partial charge >= 0.3 is 13.8 Å². The number of hydrogen-bond acceptors (Lipinski definition) is 6. The third-order valence-electron chi connectivity index (χ3n) is 2.42. The molecule has 0 spiro atoms. The van der Waals surface area contributed by atoms with Crippen LogP contribution in [0.4, 0.5) is 0 Å². The summed E-state index contributed by atoms with van der Waals surface area (Å²) in [6.07, 6.45) is -1.03. The van der Waals surface area contributed by atoms with Crippen molar-refractivity contribution in [1.82, 2.24) is 0 Å². The molecule has 0 heterocycles. The molecule has 11 heteroatoms. The number of phosphoric acid groups is 1. The Bertz CT molecular complexity index is 421. The van der Waals surface area contributed by atoms with E-state index in [1.54, 1.807) is 13.8 Å². The number of aliphatic carboxylic acids is 1. The molecule has 2 atom stereocenters. The summed E-state index contributed by atoms with van der Waals surface area (Å²) >= 11 is 0. The van der Waals surface area contributed by atoms with Gasteiger partial charge in [-0.15, -0.1) is 0 Å². The monoisotopic (exact) mass is 358 g/mol. The number of esters is 1. The minimum absolute atomic E-state index is 0.0507. The van der Waals surface area contributed by atoms with Crippen LogP contribution in [0.15, 0.2) is 0 Å². The molecule has 0 saturated heterocycles. The summed E-state index contributed by atoms with van der Waals surface area (Å²) in [5.41, 5.74) is 5.66. The highest BCUT2D eigenvalue weighted by Crippen LogP contribution is 2.25. The predicted octanol–water partition coefficient (Wildman–Crippen LogP) is -2.20. The van der Waals surface area contributed by atoms with Crippen LogP contribution < -0.4 is 10.8 Å². The molecule has 10 nitrogen and oxygen atoms in total. The molecule has 0 aliphatic heterocycles. The Hall–Kier alpha value is -1.03. The zero-order valence-electron chi connectivity index (χ0n) is 14.0. The number of nitrogens with two attached hydrogens (primary N) is 1.